The fraction of sp³-hybridized carbons (Fsp3) is 0.647. The van der Waals surface area contributed by atoms with Crippen molar-refractivity contribution in [2.24, 2.45) is 11.3 Å². The maximum absolute atomic E-state index is 5.90. The van der Waals surface area contributed by atoms with Gasteiger partial charge in [-0.25, -0.2) is 0 Å². The Morgan fingerprint density at radius 1 is 1.11 bits per heavy atom. The second-order valence-corrected chi connectivity index (χ2v) is 7.08. The molecule has 1 rings (SSSR count). The van der Waals surface area contributed by atoms with E-state index < -0.39 is 0 Å². The number of hydrogen-bond acceptors (Lipinski definition) is 1. The van der Waals surface area contributed by atoms with Gasteiger partial charge in [-0.15, -0.1) is 0 Å². The number of rotatable bonds is 8. The van der Waals surface area contributed by atoms with Crippen LogP contribution in [-0.2, 0) is 6.42 Å². The number of halogens is 1. The van der Waals surface area contributed by atoms with Crippen molar-refractivity contribution in [1.82, 2.24) is 5.32 Å². The van der Waals surface area contributed by atoms with Crippen LogP contribution in [0.1, 0.15) is 46.1 Å². The zero-order valence-corrected chi connectivity index (χ0v) is 13.6. The number of benzene rings is 1. The zero-order chi connectivity index (χ0) is 14.3. The third-order valence-corrected chi connectivity index (χ3v) is 3.79. The molecule has 0 fully saturated rings. The third kappa shape index (κ3) is 7.59. The molecule has 1 nitrogen and oxygen atoms in total. The molecule has 0 radical (unpaired) electrons. The summed E-state index contributed by atoms with van der Waals surface area (Å²) < 4.78 is 0. The summed E-state index contributed by atoms with van der Waals surface area (Å²) in [6, 6.07) is 8.23. The highest BCUT2D eigenvalue weighted by atomic mass is 35.5. The predicted octanol–water partition coefficient (Wildman–Crippen LogP) is 4.93. The van der Waals surface area contributed by atoms with Crippen LogP contribution in [0.15, 0.2) is 24.3 Å². The summed E-state index contributed by atoms with van der Waals surface area (Å²) in [6.07, 6.45) is 3.58. The lowest BCUT2D eigenvalue weighted by atomic mass is 9.83. The summed E-state index contributed by atoms with van der Waals surface area (Å²) in [7, 11) is 0. The number of nitrogens with one attached hydrogen (secondary N) is 1. The number of hydrogen-bond donors (Lipinski definition) is 1. The maximum atomic E-state index is 5.90. The van der Waals surface area contributed by atoms with Crippen molar-refractivity contribution in [3.05, 3.63) is 34.9 Å². The van der Waals surface area contributed by atoms with E-state index >= 15 is 0 Å². The Kier molecular flexibility index (Phi) is 6.88. The van der Waals surface area contributed by atoms with Crippen LogP contribution < -0.4 is 5.32 Å². The van der Waals surface area contributed by atoms with E-state index in [1.54, 1.807) is 0 Å². The Balaban J connectivity index is 2.27. The van der Waals surface area contributed by atoms with Crippen molar-refractivity contribution in [2.45, 2.75) is 47.0 Å². The smallest absolute Gasteiger partial charge is 0.0406 e. The predicted molar refractivity (Wildman–Crippen MR) is 85.9 cm³/mol. The van der Waals surface area contributed by atoms with Gasteiger partial charge < -0.3 is 5.32 Å². The van der Waals surface area contributed by atoms with E-state index in [-0.39, 0.29) is 0 Å². The van der Waals surface area contributed by atoms with Gasteiger partial charge in [0, 0.05) is 5.02 Å². The van der Waals surface area contributed by atoms with Crippen molar-refractivity contribution in [2.75, 3.05) is 13.1 Å². The fourth-order valence-electron chi connectivity index (χ4n) is 2.08. The van der Waals surface area contributed by atoms with E-state index in [2.05, 4.69) is 45.1 Å². The Bertz CT molecular complexity index is 354. The molecule has 2 heteroatoms. The molecule has 0 aromatic heterocycles. The van der Waals surface area contributed by atoms with E-state index in [1.807, 2.05) is 12.1 Å². The molecule has 0 saturated heterocycles. The highest BCUT2D eigenvalue weighted by molar-refractivity contribution is 6.30. The molecule has 0 amide bonds. The molecule has 0 heterocycles. The fourth-order valence-corrected chi connectivity index (χ4v) is 2.20. The van der Waals surface area contributed by atoms with Crippen LogP contribution in [0.25, 0.3) is 0 Å². The largest absolute Gasteiger partial charge is 0.316 e. The first-order chi connectivity index (χ1) is 8.89. The quantitative estimate of drug-likeness (QED) is 0.666. The molecule has 1 aromatic carbocycles. The lowest BCUT2D eigenvalue weighted by molar-refractivity contribution is 0.300. The van der Waals surface area contributed by atoms with Crippen molar-refractivity contribution >= 4 is 11.6 Å². The van der Waals surface area contributed by atoms with Gasteiger partial charge in [-0.2, -0.15) is 0 Å². The van der Waals surface area contributed by atoms with Gasteiger partial charge in [0.25, 0.3) is 0 Å². The van der Waals surface area contributed by atoms with Crippen molar-refractivity contribution in [1.29, 1.82) is 0 Å². The average molecular weight is 282 g/mol. The van der Waals surface area contributed by atoms with Gasteiger partial charge in [-0.05, 0) is 61.4 Å². The minimum absolute atomic E-state index is 0.392. The first-order valence-electron chi connectivity index (χ1n) is 7.34. The Hall–Kier alpha value is -0.530. The van der Waals surface area contributed by atoms with E-state index in [9.17, 15) is 0 Å². The molecule has 0 aliphatic heterocycles. The summed E-state index contributed by atoms with van der Waals surface area (Å²) in [5, 5.41) is 4.35. The van der Waals surface area contributed by atoms with Crippen LogP contribution in [0.4, 0.5) is 0 Å². The van der Waals surface area contributed by atoms with E-state index in [0.29, 0.717) is 5.41 Å². The zero-order valence-electron chi connectivity index (χ0n) is 12.8. The van der Waals surface area contributed by atoms with E-state index in [0.717, 1.165) is 30.5 Å². The van der Waals surface area contributed by atoms with Crippen LogP contribution in [-0.4, -0.2) is 13.1 Å². The van der Waals surface area contributed by atoms with Crippen molar-refractivity contribution in [3.63, 3.8) is 0 Å². The number of aryl methyl sites for hydroxylation is 1. The van der Waals surface area contributed by atoms with Crippen LogP contribution in [0.5, 0.6) is 0 Å². The SMILES string of the molecule is CC(C)CNCCC(C)(C)CCc1ccc(Cl)cc1. The summed E-state index contributed by atoms with van der Waals surface area (Å²) in [4.78, 5) is 0. The topological polar surface area (TPSA) is 12.0 Å². The summed E-state index contributed by atoms with van der Waals surface area (Å²) in [5.74, 6) is 0.733. The average Bonchev–Trinajstić information content (AvgIpc) is 2.34. The molecule has 0 spiro atoms. The van der Waals surface area contributed by atoms with Crippen molar-refractivity contribution in [3.8, 4) is 0 Å². The van der Waals surface area contributed by atoms with Crippen LogP contribution >= 0.6 is 11.6 Å². The first-order valence-corrected chi connectivity index (χ1v) is 7.72. The normalized spacial score (nSPS) is 12.1. The molecular weight excluding hydrogens is 254 g/mol. The van der Waals surface area contributed by atoms with Gasteiger partial charge in [-0.3, -0.25) is 0 Å². The summed E-state index contributed by atoms with van der Waals surface area (Å²) >= 11 is 5.90. The molecule has 0 saturated carbocycles. The highest BCUT2D eigenvalue weighted by Gasteiger charge is 2.17. The van der Waals surface area contributed by atoms with Crippen molar-refractivity contribution < 1.29 is 0 Å². The van der Waals surface area contributed by atoms with Crippen LogP contribution in [0.3, 0.4) is 0 Å². The molecule has 108 valence electrons. The molecule has 1 N–H and O–H groups in total. The Labute approximate surface area is 123 Å². The third-order valence-electron chi connectivity index (χ3n) is 3.53. The van der Waals surface area contributed by atoms with E-state index in [1.165, 1.54) is 18.4 Å². The molecule has 0 aliphatic carbocycles. The molecule has 0 atom stereocenters. The van der Waals surface area contributed by atoms with Gasteiger partial charge in [-0.1, -0.05) is 51.4 Å². The Morgan fingerprint density at radius 2 is 1.74 bits per heavy atom. The second kappa shape index (κ2) is 7.91. The minimum atomic E-state index is 0.392. The van der Waals surface area contributed by atoms with Crippen LogP contribution in [0.2, 0.25) is 5.02 Å². The van der Waals surface area contributed by atoms with E-state index in [4.69, 9.17) is 11.6 Å². The highest BCUT2D eigenvalue weighted by Crippen LogP contribution is 2.26. The molecule has 19 heavy (non-hydrogen) atoms. The minimum Gasteiger partial charge on any atom is -0.316 e. The standard InChI is InChI=1S/C17H28ClN/c1-14(2)13-19-12-11-17(3,4)10-9-15-5-7-16(18)8-6-15/h5-8,14,19H,9-13H2,1-4H3. The van der Waals surface area contributed by atoms with Gasteiger partial charge in [0.2, 0.25) is 0 Å². The van der Waals surface area contributed by atoms with Gasteiger partial charge >= 0.3 is 0 Å². The molecule has 1 aromatic rings. The van der Waals surface area contributed by atoms with Gasteiger partial charge in [0.15, 0.2) is 0 Å². The lowest BCUT2D eigenvalue weighted by Crippen LogP contribution is -2.25. The summed E-state index contributed by atoms with van der Waals surface area (Å²) in [5.41, 5.74) is 1.77. The lowest BCUT2D eigenvalue weighted by Gasteiger charge is -2.25. The second-order valence-electron chi connectivity index (χ2n) is 6.64. The Morgan fingerprint density at radius 3 is 2.32 bits per heavy atom. The molecule has 0 unspecified atom stereocenters. The van der Waals surface area contributed by atoms with Crippen LogP contribution in [0, 0.1) is 11.3 Å². The summed E-state index contributed by atoms with van der Waals surface area (Å²) in [6.45, 7) is 11.5. The maximum Gasteiger partial charge on any atom is 0.0406 e. The first kappa shape index (κ1) is 16.5. The molecule has 0 bridgehead atoms. The monoisotopic (exact) mass is 281 g/mol. The molecule has 0 aliphatic rings. The van der Waals surface area contributed by atoms with Gasteiger partial charge in [0.1, 0.15) is 0 Å². The van der Waals surface area contributed by atoms with Gasteiger partial charge in [0.05, 0.1) is 0 Å². The molecular formula is C17H28ClN.